The summed E-state index contributed by atoms with van der Waals surface area (Å²) in [6, 6.07) is 4.03. The SMILES string of the molecule is FCC1CCCN(Cc2cccnc2)C1. The Hall–Kier alpha value is -0.960. The summed E-state index contributed by atoms with van der Waals surface area (Å²) in [5, 5.41) is 0. The molecule has 0 bridgehead atoms. The smallest absolute Gasteiger partial charge is 0.0934 e. The molecule has 1 unspecified atom stereocenters. The van der Waals surface area contributed by atoms with Gasteiger partial charge in [-0.25, -0.2) is 0 Å². The molecule has 1 fully saturated rings. The number of piperidine rings is 1. The second-order valence-electron chi connectivity index (χ2n) is 4.26. The van der Waals surface area contributed by atoms with Gasteiger partial charge in [-0.05, 0) is 31.0 Å². The number of hydrogen-bond donors (Lipinski definition) is 0. The number of hydrogen-bond acceptors (Lipinski definition) is 2. The number of rotatable bonds is 3. The van der Waals surface area contributed by atoms with Crippen LogP contribution < -0.4 is 0 Å². The molecule has 2 heterocycles. The van der Waals surface area contributed by atoms with Crippen molar-refractivity contribution in [3.05, 3.63) is 30.1 Å². The van der Waals surface area contributed by atoms with E-state index in [1.165, 1.54) is 5.56 Å². The lowest BCUT2D eigenvalue weighted by Gasteiger charge is -2.31. The lowest BCUT2D eigenvalue weighted by Crippen LogP contribution is -2.35. The van der Waals surface area contributed by atoms with Crippen LogP contribution in [0.4, 0.5) is 4.39 Å². The zero-order valence-electron chi connectivity index (χ0n) is 8.90. The van der Waals surface area contributed by atoms with Crippen molar-refractivity contribution >= 4 is 0 Å². The standard InChI is InChI=1S/C12H17FN2/c13-7-11-4-2-6-15(9-11)10-12-3-1-5-14-8-12/h1,3,5,8,11H,2,4,6-7,9-10H2. The van der Waals surface area contributed by atoms with Gasteiger partial charge in [0.2, 0.25) is 0 Å². The van der Waals surface area contributed by atoms with E-state index in [4.69, 9.17) is 0 Å². The van der Waals surface area contributed by atoms with Crippen LogP contribution in [-0.4, -0.2) is 29.6 Å². The van der Waals surface area contributed by atoms with Gasteiger partial charge < -0.3 is 0 Å². The van der Waals surface area contributed by atoms with Gasteiger partial charge in [-0.2, -0.15) is 0 Å². The Kier molecular flexibility index (Phi) is 3.67. The van der Waals surface area contributed by atoms with Gasteiger partial charge in [0.05, 0.1) is 6.67 Å². The Morgan fingerprint density at radius 3 is 3.20 bits per heavy atom. The van der Waals surface area contributed by atoms with Crippen LogP contribution in [-0.2, 0) is 6.54 Å². The molecule has 2 nitrogen and oxygen atoms in total. The van der Waals surface area contributed by atoms with Crippen LogP contribution in [0.3, 0.4) is 0 Å². The van der Waals surface area contributed by atoms with Gasteiger partial charge in [-0.1, -0.05) is 6.07 Å². The fraction of sp³-hybridized carbons (Fsp3) is 0.583. The molecule has 1 aliphatic heterocycles. The summed E-state index contributed by atoms with van der Waals surface area (Å²) in [6.45, 7) is 2.71. The molecule has 1 atom stereocenters. The number of pyridine rings is 1. The van der Waals surface area contributed by atoms with E-state index in [0.29, 0.717) is 0 Å². The van der Waals surface area contributed by atoms with E-state index in [9.17, 15) is 4.39 Å². The van der Waals surface area contributed by atoms with E-state index in [-0.39, 0.29) is 12.6 Å². The summed E-state index contributed by atoms with van der Waals surface area (Å²) in [5.74, 6) is 0.246. The Bertz CT molecular complexity index is 289. The number of aromatic nitrogens is 1. The highest BCUT2D eigenvalue weighted by atomic mass is 19.1. The monoisotopic (exact) mass is 208 g/mol. The molecule has 1 aromatic rings. The third kappa shape index (κ3) is 2.99. The predicted molar refractivity (Wildman–Crippen MR) is 58.2 cm³/mol. The van der Waals surface area contributed by atoms with Crippen molar-refractivity contribution in [2.24, 2.45) is 5.92 Å². The van der Waals surface area contributed by atoms with E-state index < -0.39 is 0 Å². The van der Waals surface area contributed by atoms with Gasteiger partial charge in [-0.3, -0.25) is 14.3 Å². The minimum atomic E-state index is -0.177. The molecule has 1 aromatic heterocycles. The van der Waals surface area contributed by atoms with E-state index in [1.54, 1.807) is 6.20 Å². The minimum Gasteiger partial charge on any atom is -0.299 e. The zero-order valence-corrected chi connectivity index (χ0v) is 8.90. The van der Waals surface area contributed by atoms with Gasteiger partial charge in [-0.15, -0.1) is 0 Å². The molecule has 0 aromatic carbocycles. The molecular weight excluding hydrogens is 191 g/mol. The lowest BCUT2D eigenvalue weighted by atomic mass is 9.99. The molecule has 0 amide bonds. The molecule has 1 aliphatic rings. The fourth-order valence-electron chi connectivity index (χ4n) is 2.17. The first kappa shape index (κ1) is 10.6. The van der Waals surface area contributed by atoms with Crippen LogP contribution in [0, 0.1) is 5.92 Å². The second kappa shape index (κ2) is 5.21. The topological polar surface area (TPSA) is 16.1 Å². The third-order valence-electron chi connectivity index (χ3n) is 2.95. The zero-order chi connectivity index (χ0) is 10.5. The highest BCUT2D eigenvalue weighted by Gasteiger charge is 2.19. The third-order valence-corrected chi connectivity index (χ3v) is 2.95. The maximum Gasteiger partial charge on any atom is 0.0934 e. The molecule has 15 heavy (non-hydrogen) atoms. The highest BCUT2D eigenvalue weighted by Crippen LogP contribution is 2.18. The van der Waals surface area contributed by atoms with Crippen LogP contribution in [0.2, 0.25) is 0 Å². The van der Waals surface area contributed by atoms with E-state index in [1.807, 2.05) is 12.3 Å². The van der Waals surface area contributed by atoms with Crippen LogP contribution in [0.25, 0.3) is 0 Å². The maximum absolute atomic E-state index is 12.6. The molecule has 0 spiro atoms. The average molecular weight is 208 g/mol. The Balaban J connectivity index is 1.89. The van der Waals surface area contributed by atoms with Gasteiger partial charge in [0.1, 0.15) is 0 Å². The van der Waals surface area contributed by atoms with E-state index in [2.05, 4.69) is 16.0 Å². The van der Waals surface area contributed by atoms with Crippen molar-refractivity contribution in [3.8, 4) is 0 Å². The molecule has 1 saturated heterocycles. The van der Waals surface area contributed by atoms with Crippen molar-refractivity contribution in [1.82, 2.24) is 9.88 Å². The van der Waals surface area contributed by atoms with Crippen LogP contribution in [0.5, 0.6) is 0 Å². The Morgan fingerprint density at radius 1 is 1.53 bits per heavy atom. The van der Waals surface area contributed by atoms with Gasteiger partial charge in [0.15, 0.2) is 0 Å². The summed E-state index contributed by atoms with van der Waals surface area (Å²) in [6.07, 6.45) is 5.83. The highest BCUT2D eigenvalue weighted by molar-refractivity contribution is 5.08. The number of likely N-dealkylation sites (tertiary alicyclic amines) is 1. The van der Waals surface area contributed by atoms with Crippen molar-refractivity contribution in [3.63, 3.8) is 0 Å². The second-order valence-corrected chi connectivity index (χ2v) is 4.26. The quantitative estimate of drug-likeness (QED) is 0.757. The van der Waals surface area contributed by atoms with Gasteiger partial charge >= 0.3 is 0 Å². The molecule has 0 aliphatic carbocycles. The summed E-state index contributed by atoms with van der Waals surface area (Å²) >= 11 is 0. The molecule has 0 saturated carbocycles. The molecule has 0 radical (unpaired) electrons. The first-order valence-electron chi connectivity index (χ1n) is 5.55. The largest absolute Gasteiger partial charge is 0.299 e. The predicted octanol–water partition coefficient (Wildman–Crippen LogP) is 2.26. The van der Waals surface area contributed by atoms with Gasteiger partial charge in [0, 0.05) is 31.4 Å². The molecule has 2 rings (SSSR count). The molecule has 82 valence electrons. The summed E-state index contributed by atoms with van der Waals surface area (Å²) in [7, 11) is 0. The number of nitrogens with zero attached hydrogens (tertiary/aromatic N) is 2. The number of alkyl halides is 1. The van der Waals surface area contributed by atoms with Crippen molar-refractivity contribution in [2.45, 2.75) is 19.4 Å². The van der Waals surface area contributed by atoms with Crippen LogP contribution in [0.15, 0.2) is 24.5 Å². The fourth-order valence-corrected chi connectivity index (χ4v) is 2.17. The summed E-state index contributed by atoms with van der Waals surface area (Å²) in [4.78, 5) is 6.41. The van der Waals surface area contributed by atoms with E-state index in [0.717, 1.165) is 32.5 Å². The van der Waals surface area contributed by atoms with Crippen LogP contribution in [0.1, 0.15) is 18.4 Å². The Morgan fingerprint density at radius 2 is 2.47 bits per heavy atom. The van der Waals surface area contributed by atoms with Crippen LogP contribution >= 0.6 is 0 Å². The summed E-state index contributed by atoms with van der Waals surface area (Å²) < 4.78 is 12.6. The van der Waals surface area contributed by atoms with Crippen molar-refractivity contribution < 1.29 is 4.39 Å². The summed E-state index contributed by atoms with van der Waals surface area (Å²) in [5.41, 5.74) is 1.22. The maximum atomic E-state index is 12.6. The molecular formula is C12H17FN2. The van der Waals surface area contributed by atoms with E-state index >= 15 is 0 Å². The molecule has 3 heteroatoms. The first-order valence-corrected chi connectivity index (χ1v) is 5.55. The van der Waals surface area contributed by atoms with Gasteiger partial charge in [0.25, 0.3) is 0 Å². The lowest BCUT2D eigenvalue weighted by molar-refractivity contribution is 0.147. The minimum absolute atomic E-state index is 0.177. The van der Waals surface area contributed by atoms with Crippen molar-refractivity contribution in [1.29, 1.82) is 0 Å². The number of halogens is 1. The van der Waals surface area contributed by atoms with Crippen molar-refractivity contribution in [2.75, 3.05) is 19.8 Å². The molecule has 0 N–H and O–H groups in total. The first-order chi connectivity index (χ1) is 7.38. The Labute approximate surface area is 90.1 Å². The average Bonchev–Trinajstić information content (AvgIpc) is 2.31. The normalized spacial score (nSPS) is 22.9.